The van der Waals surface area contributed by atoms with Gasteiger partial charge < -0.3 is 15.2 Å². The molecule has 0 radical (unpaired) electrons. The molecular weight excluding hydrogens is 264 g/mol. The smallest absolute Gasteiger partial charge is 0.123 e. The Bertz CT molecular complexity index is 470. The summed E-state index contributed by atoms with van der Waals surface area (Å²) in [6, 6.07) is 6.49. The number of fused-ring (bicyclic) bond motifs is 1. The van der Waals surface area contributed by atoms with Gasteiger partial charge in [-0.05, 0) is 31.4 Å². The molecule has 2 N–H and O–H groups in total. The third-order valence-electron chi connectivity index (χ3n) is 4.43. The molecule has 1 unspecified atom stereocenters. The molecule has 0 spiro atoms. The van der Waals surface area contributed by atoms with Crippen molar-refractivity contribution in [1.29, 1.82) is 0 Å². The molecule has 0 aromatic heterocycles. The van der Waals surface area contributed by atoms with Crippen molar-refractivity contribution in [3.05, 3.63) is 29.3 Å². The normalized spacial score (nSPS) is 23.0. The second kappa shape index (κ2) is 6.77. The Morgan fingerprint density at radius 3 is 2.90 bits per heavy atom. The molecule has 0 bridgehead atoms. The van der Waals surface area contributed by atoms with E-state index in [1.807, 2.05) is 0 Å². The zero-order chi connectivity index (χ0) is 14.7. The Labute approximate surface area is 127 Å². The Morgan fingerprint density at radius 2 is 2.14 bits per heavy atom. The standard InChI is InChI=1S/C17H26N2O2/c1-13-2-3-17-14(10-13)11-16(21-17)12-19-7-4-15(5-8-19)20-9-6-18/h2-3,10,15-16H,4-9,11-12,18H2,1H3. The molecule has 1 fully saturated rings. The van der Waals surface area contributed by atoms with Crippen molar-refractivity contribution in [1.82, 2.24) is 4.90 Å². The molecule has 1 saturated heterocycles. The highest BCUT2D eigenvalue weighted by Crippen LogP contribution is 2.30. The highest BCUT2D eigenvalue weighted by atomic mass is 16.5. The van der Waals surface area contributed by atoms with Crippen LogP contribution in [0.3, 0.4) is 0 Å². The minimum absolute atomic E-state index is 0.309. The molecule has 21 heavy (non-hydrogen) atoms. The van der Waals surface area contributed by atoms with Gasteiger partial charge >= 0.3 is 0 Å². The number of likely N-dealkylation sites (tertiary alicyclic amines) is 1. The first kappa shape index (κ1) is 14.8. The summed E-state index contributed by atoms with van der Waals surface area (Å²) in [5, 5.41) is 0. The van der Waals surface area contributed by atoms with E-state index in [9.17, 15) is 0 Å². The summed E-state index contributed by atoms with van der Waals surface area (Å²) in [5.74, 6) is 1.08. The predicted molar refractivity (Wildman–Crippen MR) is 83.8 cm³/mol. The van der Waals surface area contributed by atoms with Crippen LogP contribution < -0.4 is 10.5 Å². The van der Waals surface area contributed by atoms with Gasteiger partial charge in [0.05, 0.1) is 12.7 Å². The molecule has 3 rings (SSSR count). The van der Waals surface area contributed by atoms with Crippen LogP contribution in [0.15, 0.2) is 18.2 Å². The summed E-state index contributed by atoms with van der Waals surface area (Å²) >= 11 is 0. The molecule has 0 aliphatic carbocycles. The SMILES string of the molecule is Cc1ccc2c(c1)CC(CN1CCC(OCCN)CC1)O2. The van der Waals surface area contributed by atoms with E-state index < -0.39 is 0 Å². The van der Waals surface area contributed by atoms with Gasteiger partial charge in [0.25, 0.3) is 0 Å². The van der Waals surface area contributed by atoms with Gasteiger partial charge in [0.2, 0.25) is 0 Å². The summed E-state index contributed by atoms with van der Waals surface area (Å²) in [7, 11) is 0. The van der Waals surface area contributed by atoms with Gasteiger partial charge in [0.1, 0.15) is 11.9 Å². The van der Waals surface area contributed by atoms with Gasteiger partial charge in [-0.15, -0.1) is 0 Å². The number of ether oxygens (including phenoxy) is 2. The van der Waals surface area contributed by atoms with Gasteiger partial charge in [-0.1, -0.05) is 17.7 Å². The van der Waals surface area contributed by atoms with Crippen molar-refractivity contribution in [2.75, 3.05) is 32.8 Å². The van der Waals surface area contributed by atoms with Crippen LogP contribution in [-0.4, -0.2) is 49.9 Å². The topological polar surface area (TPSA) is 47.7 Å². The van der Waals surface area contributed by atoms with Crippen molar-refractivity contribution in [2.24, 2.45) is 5.73 Å². The van der Waals surface area contributed by atoms with Gasteiger partial charge in [0.15, 0.2) is 0 Å². The van der Waals surface area contributed by atoms with Crippen molar-refractivity contribution in [3.63, 3.8) is 0 Å². The first-order valence-electron chi connectivity index (χ1n) is 8.05. The molecule has 1 aromatic rings. The van der Waals surface area contributed by atoms with E-state index in [1.54, 1.807) is 0 Å². The number of hydrogen-bond donors (Lipinski definition) is 1. The molecule has 4 heteroatoms. The van der Waals surface area contributed by atoms with Crippen molar-refractivity contribution >= 4 is 0 Å². The van der Waals surface area contributed by atoms with Gasteiger partial charge in [-0.25, -0.2) is 0 Å². The zero-order valence-corrected chi connectivity index (χ0v) is 12.9. The molecule has 2 heterocycles. The lowest BCUT2D eigenvalue weighted by Crippen LogP contribution is -2.42. The average Bonchev–Trinajstić information content (AvgIpc) is 2.88. The summed E-state index contributed by atoms with van der Waals surface area (Å²) < 4.78 is 11.8. The third kappa shape index (κ3) is 3.76. The number of piperidine rings is 1. The summed E-state index contributed by atoms with van der Waals surface area (Å²) in [6.07, 6.45) is 3.97. The van der Waals surface area contributed by atoms with Crippen molar-refractivity contribution in [2.45, 2.75) is 38.4 Å². The summed E-state index contributed by atoms with van der Waals surface area (Å²) in [6.45, 7) is 6.67. The van der Waals surface area contributed by atoms with Crippen LogP contribution in [0, 0.1) is 6.92 Å². The number of nitrogens with zero attached hydrogens (tertiary/aromatic N) is 1. The van der Waals surface area contributed by atoms with Crippen LogP contribution in [0.1, 0.15) is 24.0 Å². The van der Waals surface area contributed by atoms with Crippen LogP contribution in [0.5, 0.6) is 5.75 Å². The fourth-order valence-corrected chi connectivity index (χ4v) is 3.33. The molecule has 0 saturated carbocycles. The van der Waals surface area contributed by atoms with Crippen molar-refractivity contribution in [3.8, 4) is 5.75 Å². The Hall–Kier alpha value is -1.10. The molecule has 1 aromatic carbocycles. The van der Waals surface area contributed by atoms with E-state index in [0.29, 0.717) is 25.4 Å². The first-order chi connectivity index (χ1) is 10.2. The van der Waals surface area contributed by atoms with E-state index >= 15 is 0 Å². The lowest BCUT2D eigenvalue weighted by atomic mass is 10.0. The maximum atomic E-state index is 6.07. The predicted octanol–water partition coefficient (Wildman–Crippen LogP) is 1.74. The number of aryl methyl sites for hydroxylation is 1. The maximum Gasteiger partial charge on any atom is 0.123 e. The molecule has 4 nitrogen and oxygen atoms in total. The second-order valence-corrected chi connectivity index (χ2v) is 6.21. The van der Waals surface area contributed by atoms with E-state index in [2.05, 4.69) is 30.0 Å². The van der Waals surface area contributed by atoms with Crippen LogP contribution >= 0.6 is 0 Å². The molecule has 0 amide bonds. The Kier molecular flexibility index (Phi) is 4.78. The monoisotopic (exact) mass is 290 g/mol. The molecular formula is C17H26N2O2. The van der Waals surface area contributed by atoms with E-state index in [1.165, 1.54) is 11.1 Å². The van der Waals surface area contributed by atoms with Crippen LogP contribution in [0.4, 0.5) is 0 Å². The number of hydrogen-bond acceptors (Lipinski definition) is 4. The molecule has 1 atom stereocenters. The number of rotatable bonds is 5. The third-order valence-corrected chi connectivity index (χ3v) is 4.43. The van der Waals surface area contributed by atoms with E-state index in [4.69, 9.17) is 15.2 Å². The molecule has 2 aliphatic heterocycles. The van der Waals surface area contributed by atoms with E-state index in [0.717, 1.165) is 44.6 Å². The Morgan fingerprint density at radius 1 is 1.33 bits per heavy atom. The number of benzene rings is 1. The minimum Gasteiger partial charge on any atom is -0.488 e. The van der Waals surface area contributed by atoms with Crippen LogP contribution in [-0.2, 0) is 11.2 Å². The van der Waals surface area contributed by atoms with Gasteiger partial charge in [-0.3, -0.25) is 4.90 Å². The van der Waals surface area contributed by atoms with E-state index in [-0.39, 0.29) is 0 Å². The quantitative estimate of drug-likeness (QED) is 0.897. The molecule has 2 aliphatic rings. The fraction of sp³-hybridized carbons (Fsp3) is 0.647. The Balaban J connectivity index is 1.45. The highest BCUT2D eigenvalue weighted by Gasteiger charge is 2.27. The summed E-state index contributed by atoms with van der Waals surface area (Å²) in [5.41, 5.74) is 8.16. The van der Waals surface area contributed by atoms with Crippen LogP contribution in [0.2, 0.25) is 0 Å². The lowest BCUT2D eigenvalue weighted by Gasteiger charge is -2.33. The van der Waals surface area contributed by atoms with Gasteiger partial charge in [-0.2, -0.15) is 0 Å². The molecule has 116 valence electrons. The zero-order valence-electron chi connectivity index (χ0n) is 12.9. The lowest BCUT2D eigenvalue weighted by molar-refractivity contribution is 0.00483. The highest BCUT2D eigenvalue weighted by molar-refractivity contribution is 5.40. The number of nitrogens with two attached hydrogens (primary N) is 1. The van der Waals surface area contributed by atoms with Crippen molar-refractivity contribution < 1.29 is 9.47 Å². The largest absolute Gasteiger partial charge is 0.488 e. The average molecular weight is 290 g/mol. The maximum absolute atomic E-state index is 6.07. The fourth-order valence-electron chi connectivity index (χ4n) is 3.33. The first-order valence-corrected chi connectivity index (χ1v) is 8.05. The van der Waals surface area contributed by atoms with Gasteiger partial charge in [0, 0.05) is 32.6 Å². The minimum atomic E-state index is 0.309. The van der Waals surface area contributed by atoms with Crippen LogP contribution in [0.25, 0.3) is 0 Å². The summed E-state index contributed by atoms with van der Waals surface area (Å²) in [4.78, 5) is 2.51. The second-order valence-electron chi connectivity index (χ2n) is 6.21.